The zero-order chi connectivity index (χ0) is 21.6. The Bertz CT molecular complexity index is 1200. The molecule has 11 nitrogen and oxygen atoms in total. The normalized spacial score (nSPS) is 15.6. The molecule has 0 atom stereocenters. The standard InChI is InChI=1S/C19H21N7O4/c1-19(2)7-8-25(17(19)29)15-12(9-24(3)23-15)21-16(28)11-5-4-6-13(20-11)26-10-14(27)22-18(26)30/h4-6,9-10,27H,7-8H2,1-3H3,(H,21,28)(H,22,30). The molecule has 0 aliphatic carbocycles. The van der Waals surface area contributed by atoms with E-state index in [1.807, 2.05) is 13.8 Å². The van der Waals surface area contributed by atoms with Crippen LogP contribution in [0, 0.1) is 5.41 Å². The molecule has 0 radical (unpaired) electrons. The molecule has 1 saturated heterocycles. The number of anilines is 2. The highest BCUT2D eigenvalue weighted by atomic mass is 16.3. The molecule has 0 unspecified atom stereocenters. The van der Waals surface area contributed by atoms with Gasteiger partial charge in [-0.3, -0.25) is 24.2 Å². The van der Waals surface area contributed by atoms with Gasteiger partial charge in [-0.15, -0.1) is 0 Å². The number of aromatic amines is 1. The van der Waals surface area contributed by atoms with E-state index in [2.05, 4.69) is 20.4 Å². The van der Waals surface area contributed by atoms with Gasteiger partial charge < -0.3 is 10.4 Å². The highest BCUT2D eigenvalue weighted by molar-refractivity contribution is 6.07. The molecule has 3 N–H and O–H groups in total. The number of imidazole rings is 1. The maximum atomic E-state index is 12.8. The van der Waals surface area contributed by atoms with Crippen LogP contribution in [0.4, 0.5) is 11.5 Å². The summed E-state index contributed by atoms with van der Waals surface area (Å²) in [4.78, 5) is 45.3. The third-order valence-corrected chi connectivity index (χ3v) is 5.02. The summed E-state index contributed by atoms with van der Waals surface area (Å²) in [7, 11) is 1.70. The largest absolute Gasteiger partial charge is 0.493 e. The highest BCUT2D eigenvalue weighted by Crippen LogP contribution is 2.36. The molecule has 3 aromatic rings. The van der Waals surface area contributed by atoms with E-state index in [4.69, 9.17) is 0 Å². The number of carbonyl (C=O) groups excluding carboxylic acids is 2. The lowest BCUT2D eigenvalue weighted by Gasteiger charge is -2.18. The minimum absolute atomic E-state index is 0.0523. The first-order chi connectivity index (χ1) is 14.2. The van der Waals surface area contributed by atoms with Crippen molar-refractivity contribution in [3.05, 3.63) is 46.8 Å². The average molecular weight is 411 g/mol. The van der Waals surface area contributed by atoms with Crippen LogP contribution in [0.15, 0.2) is 35.4 Å². The van der Waals surface area contributed by atoms with E-state index >= 15 is 0 Å². The van der Waals surface area contributed by atoms with Crippen LogP contribution < -0.4 is 15.9 Å². The summed E-state index contributed by atoms with van der Waals surface area (Å²) in [6.45, 7) is 4.28. The number of rotatable bonds is 4. The zero-order valence-electron chi connectivity index (χ0n) is 16.7. The first kappa shape index (κ1) is 19.4. The van der Waals surface area contributed by atoms with Crippen LogP contribution in [0.2, 0.25) is 0 Å². The molecule has 156 valence electrons. The van der Waals surface area contributed by atoms with Crippen molar-refractivity contribution in [1.29, 1.82) is 0 Å². The lowest BCUT2D eigenvalue weighted by molar-refractivity contribution is -0.124. The molecular formula is C19H21N7O4. The Morgan fingerprint density at radius 3 is 2.67 bits per heavy atom. The van der Waals surface area contributed by atoms with Gasteiger partial charge in [-0.05, 0) is 18.6 Å². The van der Waals surface area contributed by atoms with E-state index in [1.165, 1.54) is 23.0 Å². The molecule has 1 aliphatic rings. The number of aryl methyl sites for hydroxylation is 1. The monoisotopic (exact) mass is 411 g/mol. The van der Waals surface area contributed by atoms with Gasteiger partial charge in [0.2, 0.25) is 11.8 Å². The molecule has 3 aromatic heterocycles. The molecule has 0 aromatic carbocycles. The first-order valence-electron chi connectivity index (χ1n) is 9.31. The molecule has 0 saturated carbocycles. The second-order valence-electron chi connectivity index (χ2n) is 7.78. The molecule has 4 heterocycles. The minimum Gasteiger partial charge on any atom is -0.493 e. The molecule has 11 heteroatoms. The predicted octanol–water partition coefficient (Wildman–Crippen LogP) is 1.01. The van der Waals surface area contributed by atoms with Gasteiger partial charge in [-0.1, -0.05) is 19.9 Å². The fourth-order valence-corrected chi connectivity index (χ4v) is 3.35. The SMILES string of the molecule is Cn1cc(NC(=O)c2cccc(-n3cc(O)[nH]c3=O)n2)c(N2CCC(C)(C)C2=O)n1. The summed E-state index contributed by atoms with van der Waals surface area (Å²) in [6.07, 6.45) is 3.48. The van der Waals surface area contributed by atoms with Crippen LogP contribution >= 0.6 is 0 Å². The van der Waals surface area contributed by atoms with Crippen molar-refractivity contribution in [2.24, 2.45) is 12.5 Å². The van der Waals surface area contributed by atoms with Crippen molar-refractivity contribution >= 4 is 23.3 Å². The van der Waals surface area contributed by atoms with Gasteiger partial charge >= 0.3 is 5.69 Å². The topological polar surface area (TPSA) is 138 Å². The molecule has 1 aliphatic heterocycles. The van der Waals surface area contributed by atoms with Crippen LogP contribution in [0.25, 0.3) is 5.82 Å². The Morgan fingerprint density at radius 1 is 1.27 bits per heavy atom. The van der Waals surface area contributed by atoms with Crippen molar-refractivity contribution in [1.82, 2.24) is 24.3 Å². The zero-order valence-corrected chi connectivity index (χ0v) is 16.7. The van der Waals surface area contributed by atoms with E-state index in [0.717, 1.165) is 4.57 Å². The van der Waals surface area contributed by atoms with Gasteiger partial charge in [-0.2, -0.15) is 5.10 Å². The smallest absolute Gasteiger partial charge is 0.334 e. The molecule has 2 amide bonds. The fraction of sp³-hybridized carbons (Fsp3) is 0.316. The maximum Gasteiger partial charge on any atom is 0.334 e. The van der Waals surface area contributed by atoms with Crippen molar-refractivity contribution < 1.29 is 14.7 Å². The number of hydrogen-bond acceptors (Lipinski definition) is 6. The summed E-state index contributed by atoms with van der Waals surface area (Å²) in [5, 5.41) is 16.5. The molecule has 0 spiro atoms. The van der Waals surface area contributed by atoms with Crippen molar-refractivity contribution in [3.63, 3.8) is 0 Å². The minimum atomic E-state index is -0.581. The summed E-state index contributed by atoms with van der Waals surface area (Å²) in [6, 6.07) is 4.60. The maximum absolute atomic E-state index is 12.8. The Kier molecular flexibility index (Phi) is 4.45. The number of nitrogens with one attached hydrogen (secondary N) is 2. The molecule has 0 bridgehead atoms. The highest BCUT2D eigenvalue weighted by Gasteiger charge is 2.41. The number of aromatic hydroxyl groups is 1. The average Bonchev–Trinajstić information content (AvgIpc) is 3.30. The Balaban J connectivity index is 1.62. The van der Waals surface area contributed by atoms with Crippen molar-refractivity contribution in [2.45, 2.75) is 20.3 Å². The second kappa shape index (κ2) is 6.87. The second-order valence-corrected chi connectivity index (χ2v) is 7.78. The van der Waals surface area contributed by atoms with Crippen LogP contribution in [-0.2, 0) is 11.8 Å². The van der Waals surface area contributed by atoms with E-state index in [9.17, 15) is 19.5 Å². The molecular weight excluding hydrogens is 390 g/mol. The third kappa shape index (κ3) is 3.34. The number of aromatic nitrogens is 5. The molecule has 4 rings (SSSR count). The van der Waals surface area contributed by atoms with Gasteiger partial charge in [0.1, 0.15) is 17.2 Å². The van der Waals surface area contributed by atoms with E-state index < -0.39 is 17.0 Å². The summed E-state index contributed by atoms with van der Waals surface area (Å²) in [5.74, 6) is -0.334. The Labute approximate surface area is 171 Å². The van der Waals surface area contributed by atoms with Gasteiger partial charge in [-0.25, -0.2) is 14.3 Å². The van der Waals surface area contributed by atoms with E-state index in [0.29, 0.717) is 24.5 Å². The van der Waals surface area contributed by atoms with E-state index in [1.54, 1.807) is 24.2 Å². The van der Waals surface area contributed by atoms with Gasteiger partial charge in [0.05, 0.1) is 12.4 Å². The van der Waals surface area contributed by atoms with Gasteiger partial charge in [0, 0.05) is 19.0 Å². The number of pyridine rings is 1. The summed E-state index contributed by atoms with van der Waals surface area (Å²) < 4.78 is 2.61. The lowest BCUT2D eigenvalue weighted by atomic mass is 9.92. The Morgan fingerprint density at radius 2 is 2.03 bits per heavy atom. The first-order valence-corrected chi connectivity index (χ1v) is 9.31. The van der Waals surface area contributed by atoms with Gasteiger partial charge in [0.15, 0.2) is 5.82 Å². The number of carbonyl (C=O) groups is 2. The van der Waals surface area contributed by atoms with Crippen molar-refractivity contribution in [2.75, 3.05) is 16.8 Å². The molecule has 1 fully saturated rings. The fourth-order valence-electron chi connectivity index (χ4n) is 3.35. The van der Waals surface area contributed by atoms with Crippen molar-refractivity contribution in [3.8, 4) is 11.7 Å². The van der Waals surface area contributed by atoms with Crippen LogP contribution in [0.5, 0.6) is 5.88 Å². The van der Waals surface area contributed by atoms with E-state index in [-0.39, 0.29) is 23.3 Å². The number of nitrogens with zero attached hydrogens (tertiary/aromatic N) is 5. The van der Waals surface area contributed by atoms with Crippen LogP contribution in [0.1, 0.15) is 30.8 Å². The summed E-state index contributed by atoms with van der Waals surface area (Å²) >= 11 is 0. The predicted molar refractivity (Wildman–Crippen MR) is 108 cm³/mol. The van der Waals surface area contributed by atoms with Gasteiger partial charge in [0.25, 0.3) is 5.91 Å². The number of H-pyrrole nitrogens is 1. The number of amides is 2. The third-order valence-electron chi connectivity index (χ3n) is 5.02. The Hall–Kier alpha value is -3.89. The van der Waals surface area contributed by atoms with Crippen LogP contribution in [0.3, 0.4) is 0 Å². The summed E-state index contributed by atoms with van der Waals surface area (Å²) in [5.41, 5.74) is -0.619. The molecule has 30 heavy (non-hydrogen) atoms. The van der Waals surface area contributed by atoms with Crippen LogP contribution in [-0.4, -0.2) is 47.8 Å². The lowest BCUT2D eigenvalue weighted by Crippen LogP contribution is -2.32. The quantitative estimate of drug-likeness (QED) is 0.586. The number of hydrogen-bond donors (Lipinski definition) is 3.